The van der Waals surface area contributed by atoms with Gasteiger partial charge in [-0.05, 0) is 36.8 Å². The van der Waals surface area contributed by atoms with Crippen LogP contribution in [0.1, 0.15) is 28.9 Å². The molecule has 0 saturated carbocycles. The highest BCUT2D eigenvalue weighted by Crippen LogP contribution is 2.29. The summed E-state index contributed by atoms with van der Waals surface area (Å²) in [5, 5.41) is 1.05. The summed E-state index contributed by atoms with van der Waals surface area (Å²) in [5.74, 6) is -0.164. The Morgan fingerprint density at radius 2 is 1.81 bits per heavy atom. The lowest BCUT2D eigenvalue weighted by Crippen LogP contribution is -2.30. The lowest BCUT2D eigenvalue weighted by molar-refractivity contribution is 0.0742. The molecule has 0 aliphatic carbocycles. The molecule has 0 fully saturated rings. The molecule has 2 aromatic carbocycles. The monoisotopic (exact) mass is 339 g/mol. The number of benzene rings is 2. The van der Waals surface area contributed by atoms with Gasteiger partial charge < -0.3 is 4.90 Å². The van der Waals surface area contributed by atoms with Gasteiger partial charge in [0.2, 0.25) is 0 Å². The van der Waals surface area contributed by atoms with Crippen molar-refractivity contribution in [3.05, 3.63) is 63.6 Å². The summed E-state index contributed by atoms with van der Waals surface area (Å²) in [6, 6.07) is 12.4. The second-order valence-corrected chi connectivity index (χ2v) is 6.11. The molecule has 2 rings (SSSR count). The number of carbonyl (C=O) groups excluding carboxylic acids is 1. The summed E-state index contributed by atoms with van der Waals surface area (Å²) in [7, 11) is 1.73. The molecule has 1 atom stereocenters. The fraction of sp³-hybridized carbons (Fsp3) is 0.188. The third-order valence-electron chi connectivity index (χ3n) is 3.44. The maximum Gasteiger partial charge on any atom is 0.255 e. The predicted molar refractivity (Wildman–Crippen MR) is 90.7 cm³/mol. The minimum absolute atomic E-state index is 0.161. The predicted octanol–water partition coefficient (Wildman–Crippen LogP) is 5.12. The third kappa shape index (κ3) is 3.54. The molecular formula is C16H15Cl2NOS. The molecule has 0 bridgehead atoms. The summed E-state index contributed by atoms with van der Waals surface area (Å²) in [5.41, 5.74) is 1.33. The zero-order valence-electron chi connectivity index (χ0n) is 11.7. The van der Waals surface area contributed by atoms with Crippen LogP contribution in [-0.2, 0) is 0 Å². The summed E-state index contributed by atoms with van der Waals surface area (Å²) in [4.78, 5) is 14.9. The second kappa shape index (κ2) is 6.73. The SMILES string of the molecule is CC(c1ccccc1Cl)N(C)C(=O)c1cc(S)ccc1Cl. The molecule has 0 spiro atoms. The van der Waals surface area contributed by atoms with Crippen LogP contribution in [-0.4, -0.2) is 17.9 Å². The van der Waals surface area contributed by atoms with E-state index in [0.29, 0.717) is 20.5 Å². The Hall–Kier alpha value is -1.16. The van der Waals surface area contributed by atoms with Crippen LogP contribution in [0.15, 0.2) is 47.4 Å². The van der Waals surface area contributed by atoms with Crippen LogP contribution in [0, 0.1) is 0 Å². The summed E-state index contributed by atoms with van der Waals surface area (Å²) < 4.78 is 0. The highest BCUT2D eigenvalue weighted by Gasteiger charge is 2.22. The number of carbonyl (C=O) groups is 1. The smallest absolute Gasteiger partial charge is 0.255 e. The Balaban J connectivity index is 2.31. The quantitative estimate of drug-likeness (QED) is 0.770. The first-order valence-electron chi connectivity index (χ1n) is 6.42. The fourth-order valence-corrected chi connectivity index (χ4v) is 2.76. The number of rotatable bonds is 3. The maximum absolute atomic E-state index is 12.6. The Morgan fingerprint density at radius 3 is 2.48 bits per heavy atom. The van der Waals surface area contributed by atoms with Crippen molar-refractivity contribution in [1.82, 2.24) is 4.90 Å². The van der Waals surface area contributed by atoms with Crippen molar-refractivity contribution in [2.24, 2.45) is 0 Å². The second-order valence-electron chi connectivity index (χ2n) is 4.78. The Bertz CT molecular complexity index is 675. The van der Waals surface area contributed by atoms with Crippen molar-refractivity contribution >= 4 is 41.7 Å². The number of amides is 1. The molecular weight excluding hydrogens is 325 g/mol. The molecule has 0 aliphatic heterocycles. The van der Waals surface area contributed by atoms with E-state index in [4.69, 9.17) is 23.2 Å². The van der Waals surface area contributed by atoms with Gasteiger partial charge in [0.15, 0.2) is 0 Å². The van der Waals surface area contributed by atoms with Gasteiger partial charge in [0, 0.05) is 17.0 Å². The topological polar surface area (TPSA) is 20.3 Å². The molecule has 0 aliphatic rings. The zero-order chi connectivity index (χ0) is 15.6. The first-order chi connectivity index (χ1) is 9.91. The van der Waals surface area contributed by atoms with Gasteiger partial charge in [-0.25, -0.2) is 0 Å². The van der Waals surface area contributed by atoms with Gasteiger partial charge in [0.25, 0.3) is 5.91 Å². The number of thiol groups is 1. The van der Waals surface area contributed by atoms with E-state index in [1.54, 1.807) is 30.1 Å². The number of halogens is 2. The van der Waals surface area contributed by atoms with E-state index in [1.165, 1.54) is 0 Å². The first kappa shape index (κ1) is 16.2. The third-order valence-corrected chi connectivity index (χ3v) is 4.39. The van der Waals surface area contributed by atoms with Crippen molar-refractivity contribution < 1.29 is 4.79 Å². The van der Waals surface area contributed by atoms with Gasteiger partial charge in [-0.3, -0.25) is 4.79 Å². The molecule has 1 amide bonds. The molecule has 0 aromatic heterocycles. The highest BCUT2D eigenvalue weighted by atomic mass is 35.5. The van der Waals surface area contributed by atoms with E-state index in [0.717, 1.165) is 5.56 Å². The normalized spacial score (nSPS) is 12.0. The van der Waals surface area contributed by atoms with Crippen LogP contribution in [0.4, 0.5) is 0 Å². The van der Waals surface area contributed by atoms with Crippen LogP contribution in [0.25, 0.3) is 0 Å². The molecule has 5 heteroatoms. The van der Waals surface area contributed by atoms with Gasteiger partial charge >= 0.3 is 0 Å². The molecule has 0 saturated heterocycles. The summed E-state index contributed by atoms with van der Waals surface area (Å²) in [6.45, 7) is 1.93. The van der Waals surface area contributed by atoms with Crippen LogP contribution in [0.2, 0.25) is 10.0 Å². The first-order valence-corrected chi connectivity index (χ1v) is 7.62. The molecule has 1 unspecified atom stereocenters. The van der Waals surface area contributed by atoms with Crippen LogP contribution in [0.3, 0.4) is 0 Å². The highest BCUT2D eigenvalue weighted by molar-refractivity contribution is 7.80. The van der Waals surface area contributed by atoms with Crippen LogP contribution >= 0.6 is 35.8 Å². The zero-order valence-corrected chi connectivity index (χ0v) is 14.1. The van der Waals surface area contributed by atoms with Crippen molar-refractivity contribution in [1.29, 1.82) is 0 Å². The Labute approximate surface area is 140 Å². The molecule has 0 heterocycles. The average molecular weight is 340 g/mol. The van der Waals surface area contributed by atoms with Crippen molar-refractivity contribution in [2.45, 2.75) is 17.9 Å². The van der Waals surface area contributed by atoms with E-state index in [-0.39, 0.29) is 11.9 Å². The molecule has 110 valence electrons. The lowest BCUT2D eigenvalue weighted by atomic mass is 10.1. The Kier molecular flexibility index (Phi) is 5.20. The van der Waals surface area contributed by atoms with Gasteiger partial charge in [-0.15, -0.1) is 12.6 Å². The molecule has 2 aromatic rings. The van der Waals surface area contributed by atoms with E-state index in [2.05, 4.69) is 12.6 Å². The maximum atomic E-state index is 12.6. The van der Waals surface area contributed by atoms with Crippen molar-refractivity contribution in [3.63, 3.8) is 0 Å². The van der Waals surface area contributed by atoms with E-state index in [1.807, 2.05) is 31.2 Å². The van der Waals surface area contributed by atoms with Gasteiger partial charge in [-0.2, -0.15) is 0 Å². The van der Waals surface area contributed by atoms with Crippen molar-refractivity contribution in [3.8, 4) is 0 Å². The summed E-state index contributed by atoms with van der Waals surface area (Å²) >= 11 is 16.6. The van der Waals surface area contributed by atoms with Crippen LogP contribution < -0.4 is 0 Å². The standard InChI is InChI=1S/C16H15Cl2NOS/c1-10(12-5-3-4-6-14(12)17)19(2)16(20)13-9-11(21)7-8-15(13)18/h3-10,21H,1-2H3. The van der Waals surface area contributed by atoms with Gasteiger partial charge in [0.05, 0.1) is 16.6 Å². The molecule has 0 radical (unpaired) electrons. The van der Waals surface area contributed by atoms with E-state index >= 15 is 0 Å². The van der Waals surface area contributed by atoms with E-state index in [9.17, 15) is 4.79 Å². The number of hydrogen-bond acceptors (Lipinski definition) is 2. The number of nitrogens with zero attached hydrogens (tertiary/aromatic N) is 1. The van der Waals surface area contributed by atoms with Gasteiger partial charge in [-0.1, -0.05) is 41.4 Å². The number of hydrogen-bond donors (Lipinski definition) is 1. The van der Waals surface area contributed by atoms with Crippen molar-refractivity contribution in [2.75, 3.05) is 7.05 Å². The van der Waals surface area contributed by atoms with E-state index < -0.39 is 0 Å². The summed E-state index contributed by atoms with van der Waals surface area (Å²) in [6.07, 6.45) is 0. The average Bonchev–Trinajstić information content (AvgIpc) is 2.48. The molecule has 0 N–H and O–H groups in total. The largest absolute Gasteiger partial charge is 0.335 e. The van der Waals surface area contributed by atoms with Gasteiger partial charge in [0.1, 0.15) is 0 Å². The fourth-order valence-electron chi connectivity index (χ4n) is 2.07. The minimum atomic E-state index is -0.164. The molecule has 21 heavy (non-hydrogen) atoms. The van der Waals surface area contributed by atoms with Crippen LogP contribution in [0.5, 0.6) is 0 Å². The minimum Gasteiger partial charge on any atom is -0.335 e. The Morgan fingerprint density at radius 1 is 1.14 bits per heavy atom. The molecule has 2 nitrogen and oxygen atoms in total. The lowest BCUT2D eigenvalue weighted by Gasteiger charge is -2.26.